The first-order chi connectivity index (χ1) is 9.25. The second-order valence-electron chi connectivity index (χ2n) is 4.80. The van der Waals surface area contributed by atoms with Gasteiger partial charge in [-0.15, -0.1) is 0 Å². The molecule has 0 aromatic carbocycles. The third-order valence-electron chi connectivity index (χ3n) is 2.94. The van der Waals surface area contributed by atoms with Crippen molar-refractivity contribution in [3.05, 3.63) is 0 Å². The summed E-state index contributed by atoms with van der Waals surface area (Å²) in [5, 5.41) is 0. The molecule has 7 nitrogen and oxygen atoms in total. The zero-order valence-corrected chi connectivity index (χ0v) is 13.9. The van der Waals surface area contributed by atoms with Crippen LogP contribution in [0.4, 0.5) is 0 Å². The van der Waals surface area contributed by atoms with Crippen LogP contribution in [0.5, 0.6) is 0 Å². The number of nitrogens with zero attached hydrogens (tertiary/aromatic N) is 3. The zero-order valence-electron chi connectivity index (χ0n) is 13.1. The summed E-state index contributed by atoms with van der Waals surface area (Å²) in [4.78, 5) is 13.1. The van der Waals surface area contributed by atoms with E-state index >= 15 is 0 Å². The Bertz CT molecular complexity index is 384. The van der Waals surface area contributed by atoms with Gasteiger partial charge in [0.25, 0.3) is 10.2 Å². The number of ether oxygens (including phenoxy) is 1. The number of hydrogen-bond donors (Lipinski definition) is 0. The maximum atomic E-state index is 12.3. The number of rotatable bonds is 10. The summed E-state index contributed by atoms with van der Waals surface area (Å²) < 4.78 is 31.8. The van der Waals surface area contributed by atoms with Crippen molar-refractivity contribution in [1.82, 2.24) is 13.5 Å². The van der Waals surface area contributed by atoms with Crippen LogP contribution >= 0.6 is 0 Å². The molecule has 0 saturated carbocycles. The Labute approximate surface area is 122 Å². The van der Waals surface area contributed by atoms with E-state index in [-0.39, 0.29) is 13.0 Å². The lowest BCUT2D eigenvalue weighted by molar-refractivity contribution is -0.140. The summed E-state index contributed by atoms with van der Waals surface area (Å²) in [5.74, 6) is -0.414. The lowest BCUT2D eigenvalue weighted by atomic mass is 10.4. The molecule has 8 heteroatoms. The number of methoxy groups -OCH3 is 1. The normalized spacial score (nSPS) is 12.4. The highest BCUT2D eigenvalue weighted by Crippen LogP contribution is 2.08. The minimum atomic E-state index is -3.51. The molecule has 0 aromatic rings. The fourth-order valence-electron chi connectivity index (χ4n) is 1.66. The van der Waals surface area contributed by atoms with E-state index in [0.29, 0.717) is 13.1 Å². The largest absolute Gasteiger partial charge is 0.469 e. The summed E-state index contributed by atoms with van der Waals surface area (Å²) in [6, 6.07) is 0. The standard InChI is InChI=1S/C12H27N3O4S/c1-6-15(10-7-9-13(2)3)20(17,18)14(4)11-8-12(16)19-5/h6-11H2,1-5H3. The molecular formula is C12H27N3O4S. The molecule has 0 heterocycles. The molecule has 0 aromatic heterocycles. The van der Waals surface area contributed by atoms with Gasteiger partial charge in [0, 0.05) is 26.7 Å². The lowest BCUT2D eigenvalue weighted by Crippen LogP contribution is -2.43. The van der Waals surface area contributed by atoms with Crippen LogP contribution in [0, 0.1) is 0 Å². The third-order valence-corrected chi connectivity index (χ3v) is 5.01. The Hall–Kier alpha value is -0.700. The quantitative estimate of drug-likeness (QED) is 0.531. The maximum absolute atomic E-state index is 12.3. The zero-order chi connectivity index (χ0) is 15.8. The first-order valence-electron chi connectivity index (χ1n) is 6.68. The Balaban J connectivity index is 4.51. The van der Waals surface area contributed by atoms with Gasteiger partial charge in [0.2, 0.25) is 0 Å². The molecule has 0 spiro atoms. The third kappa shape index (κ3) is 6.65. The van der Waals surface area contributed by atoms with Crippen LogP contribution in [0.3, 0.4) is 0 Å². The molecular weight excluding hydrogens is 282 g/mol. The number of carbonyl (C=O) groups excluding carboxylic acids is 1. The number of esters is 1. The van der Waals surface area contributed by atoms with Gasteiger partial charge in [-0.25, -0.2) is 0 Å². The molecule has 0 saturated heterocycles. The summed E-state index contributed by atoms with van der Waals surface area (Å²) in [6.07, 6.45) is 0.826. The van der Waals surface area contributed by atoms with E-state index < -0.39 is 16.2 Å². The van der Waals surface area contributed by atoms with Crippen molar-refractivity contribution >= 4 is 16.2 Å². The van der Waals surface area contributed by atoms with Crippen LogP contribution in [0.2, 0.25) is 0 Å². The smallest absolute Gasteiger partial charge is 0.306 e. The minimum Gasteiger partial charge on any atom is -0.469 e. The second-order valence-corrected chi connectivity index (χ2v) is 6.84. The van der Waals surface area contributed by atoms with Crippen LogP contribution in [0.25, 0.3) is 0 Å². The number of hydrogen-bond acceptors (Lipinski definition) is 5. The molecule has 20 heavy (non-hydrogen) atoms. The summed E-state index contributed by atoms with van der Waals surface area (Å²) in [6.45, 7) is 3.65. The highest BCUT2D eigenvalue weighted by atomic mass is 32.2. The van der Waals surface area contributed by atoms with Gasteiger partial charge in [-0.1, -0.05) is 6.92 Å². The van der Waals surface area contributed by atoms with Crippen molar-refractivity contribution in [2.24, 2.45) is 0 Å². The lowest BCUT2D eigenvalue weighted by Gasteiger charge is -2.26. The fourth-order valence-corrected chi connectivity index (χ4v) is 3.07. The van der Waals surface area contributed by atoms with E-state index in [4.69, 9.17) is 0 Å². The van der Waals surface area contributed by atoms with Gasteiger partial charge in [0.1, 0.15) is 0 Å². The van der Waals surface area contributed by atoms with Crippen molar-refractivity contribution in [3.63, 3.8) is 0 Å². The van der Waals surface area contributed by atoms with E-state index in [2.05, 4.69) is 4.74 Å². The van der Waals surface area contributed by atoms with Crippen molar-refractivity contribution in [2.45, 2.75) is 19.8 Å². The van der Waals surface area contributed by atoms with Gasteiger partial charge in [-0.3, -0.25) is 4.79 Å². The molecule has 0 aliphatic heterocycles. The van der Waals surface area contributed by atoms with Crippen molar-refractivity contribution in [3.8, 4) is 0 Å². The first kappa shape index (κ1) is 19.3. The van der Waals surface area contributed by atoms with Crippen LogP contribution in [0.15, 0.2) is 0 Å². The molecule has 0 radical (unpaired) electrons. The van der Waals surface area contributed by atoms with E-state index in [9.17, 15) is 13.2 Å². The Morgan fingerprint density at radius 2 is 1.70 bits per heavy atom. The fraction of sp³-hybridized carbons (Fsp3) is 0.917. The molecule has 0 atom stereocenters. The molecule has 0 aliphatic carbocycles. The van der Waals surface area contributed by atoms with Crippen LogP contribution < -0.4 is 0 Å². The molecule has 0 amide bonds. The average Bonchev–Trinajstić information content (AvgIpc) is 2.39. The van der Waals surface area contributed by atoms with Gasteiger partial charge in [-0.05, 0) is 27.1 Å². The highest BCUT2D eigenvalue weighted by molar-refractivity contribution is 7.86. The molecule has 0 N–H and O–H groups in total. The average molecular weight is 309 g/mol. The van der Waals surface area contributed by atoms with Crippen molar-refractivity contribution in [2.75, 3.05) is 54.4 Å². The van der Waals surface area contributed by atoms with E-state index in [0.717, 1.165) is 13.0 Å². The van der Waals surface area contributed by atoms with Crippen LogP contribution in [-0.4, -0.2) is 82.3 Å². The predicted molar refractivity (Wildman–Crippen MR) is 78.6 cm³/mol. The van der Waals surface area contributed by atoms with Gasteiger partial charge in [0.15, 0.2) is 0 Å². The Kier molecular flexibility index (Phi) is 8.95. The summed E-state index contributed by atoms with van der Waals surface area (Å²) in [7, 11) is 3.16. The Morgan fingerprint density at radius 1 is 1.10 bits per heavy atom. The maximum Gasteiger partial charge on any atom is 0.306 e. The van der Waals surface area contributed by atoms with Crippen LogP contribution in [0.1, 0.15) is 19.8 Å². The van der Waals surface area contributed by atoms with E-state index in [1.807, 2.05) is 19.0 Å². The highest BCUT2D eigenvalue weighted by Gasteiger charge is 2.25. The molecule has 0 bridgehead atoms. The van der Waals surface area contributed by atoms with Gasteiger partial charge >= 0.3 is 5.97 Å². The first-order valence-corrected chi connectivity index (χ1v) is 8.08. The molecule has 120 valence electrons. The SMILES string of the molecule is CCN(CCCN(C)C)S(=O)(=O)N(C)CCC(=O)OC. The van der Waals surface area contributed by atoms with E-state index in [1.54, 1.807) is 6.92 Å². The molecule has 0 aliphatic rings. The van der Waals surface area contributed by atoms with Gasteiger partial charge in [0.05, 0.1) is 13.5 Å². The summed E-state index contributed by atoms with van der Waals surface area (Å²) >= 11 is 0. The molecule has 0 fully saturated rings. The summed E-state index contributed by atoms with van der Waals surface area (Å²) in [5.41, 5.74) is 0. The predicted octanol–water partition coefficient (Wildman–Crippen LogP) is -0.000300. The molecule has 0 rings (SSSR count). The molecule has 0 unspecified atom stereocenters. The van der Waals surface area contributed by atoms with Gasteiger partial charge < -0.3 is 9.64 Å². The second kappa shape index (κ2) is 9.28. The Morgan fingerprint density at radius 3 is 2.15 bits per heavy atom. The van der Waals surface area contributed by atoms with Gasteiger partial charge in [-0.2, -0.15) is 17.0 Å². The number of carbonyl (C=O) groups is 1. The van der Waals surface area contributed by atoms with Crippen LogP contribution in [-0.2, 0) is 19.7 Å². The topological polar surface area (TPSA) is 70.2 Å². The monoisotopic (exact) mass is 309 g/mol. The van der Waals surface area contributed by atoms with Crippen molar-refractivity contribution in [1.29, 1.82) is 0 Å². The van der Waals surface area contributed by atoms with Crippen molar-refractivity contribution < 1.29 is 17.9 Å². The van der Waals surface area contributed by atoms with E-state index in [1.165, 1.54) is 22.8 Å². The minimum absolute atomic E-state index is 0.0570.